The zero-order valence-corrected chi connectivity index (χ0v) is 9.63. The molecule has 0 unspecified atom stereocenters. The molecule has 1 aromatic carbocycles. The minimum Gasteiger partial charge on any atom is -0.496 e. The predicted molar refractivity (Wildman–Crippen MR) is 62.2 cm³/mol. The van der Waals surface area contributed by atoms with Crippen molar-refractivity contribution in [3.05, 3.63) is 29.6 Å². The number of rotatable bonds is 2. The quantitative estimate of drug-likeness (QED) is 0.832. The van der Waals surface area contributed by atoms with E-state index in [0.29, 0.717) is 0 Å². The van der Waals surface area contributed by atoms with Crippen molar-refractivity contribution in [1.29, 1.82) is 0 Å². The van der Waals surface area contributed by atoms with Gasteiger partial charge in [-0.25, -0.2) is 4.39 Å². The SMILES string of the molecule is COc1ccc(F)cc1[C@H]1CCCCCN1. The molecule has 2 rings (SSSR count). The maximum absolute atomic E-state index is 13.3. The lowest BCUT2D eigenvalue weighted by Crippen LogP contribution is -2.21. The van der Waals surface area contributed by atoms with Crippen molar-refractivity contribution in [2.24, 2.45) is 0 Å². The van der Waals surface area contributed by atoms with E-state index in [9.17, 15) is 4.39 Å². The zero-order valence-electron chi connectivity index (χ0n) is 9.63. The first kappa shape index (κ1) is 11.4. The Morgan fingerprint density at radius 1 is 1.31 bits per heavy atom. The van der Waals surface area contributed by atoms with E-state index < -0.39 is 0 Å². The molecular formula is C13H18FNO. The molecule has 1 heterocycles. The number of ether oxygens (including phenoxy) is 1. The monoisotopic (exact) mass is 223 g/mol. The molecule has 0 aliphatic carbocycles. The first-order valence-electron chi connectivity index (χ1n) is 5.88. The van der Waals surface area contributed by atoms with Gasteiger partial charge in [0, 0.05) is 11.6 Å². The van der Waals surface area contributed by atoms with Gasteiger partial charge in [0.15, 0.2) is 0 Å². The topological polar surface area (TPSA) is 21.3 Å². The molecule has 2 nitrogen and oxygen atoms in total. The van der Waals surface area contributed by atoms with Crippen LogP contribution in [-0.2, 0) is 0 Å². The van der Waals surface area contributed by atoms with Crippen LogP contribution in [0.5, 0.6) is 5.75 Å². The molecule has 88 valence electrons. The van der Waals surface area contributed by atoms with Gasteiger partial charge in [-0.05, 0) is 37.6 Å². The predicted octanol–water partition coefficient (Wildman–Crippen LogP) is 3.04. The van der Waals surface area contributed by atoms with Gasteiger partial charge in [-0.1, -0.05) is 12.8 Å². The third kappa shape index (κ3) is 2.53. The smallest absolute Gasteiger partial charge is 0.123 e. The minimum absolute atomic E-state index is 0.193. The molecule has 1 atom stereocenters. The van der Waals surface area contributed by atoms with Crippen molar-refractivity contribution in [3.8, 4) is 5.75 Å². The molecule has 1 aliphatic rings. The second-order valence-corrected chi connectivity index (χ2v) is 4.24. The zero-order chi connectivity index (χ0) is 11.4. The maximum Gasteiger partial charge on any atom is 0.123 e. The van der Waals surface area contributed by atoms with Gasteiger partial charge in [-0.3, -0.25) is 0 Å². The molecule has 0 radical (unpaired) electrons. The summed E-state index contributed by atoms with van der Waals surface area (Å²) < 4.78 is 18.5. The molecule has 1 fully saturated rings. The van der Waals surface area contributed by atoms with Crippen molar-refractivity contribution in [2.45, 2.75) is 31.7 Å². The molecule has 1 saturated heterocycles. The molecule has 1 N–H and O–H groups in total. The molecule has 0 amide bonds. The number of halogens is 1. The van der Waals surface area contributed by atoms with E-state index in [1.807, 2.05) is 0 Å². The lowest BCUT2D eigenvalue weighted by molar-refractivity contribution is 0.396. The Balaban J connectivity index is 2.25. The van der Waals surface area contributed by atoms with Gasteiger partial charge in [0.25, 0.3) is 0 Å². The number of benzene rings is 1. The van der Waals surface area contributed by atoms with Crippen LogP contribution in [0.25, 0.3) is 0 Å². The Kier molecular flexibility index (Phi) is 3.78. The minimum atomic E-state index is -0.193. The van der Waals surface area contributed by atoms with Crippen LogP contribution in [0.2, 0.25) is 0 Å². The average Bonchev–Trinajstić information content (AvgIpc) is 2.57. The van der Waals surface area contributed by atoms with E-state index in [2.05, 4.69) is 5.32 Å². The fourth-order valence-corrected chi connectivity index (χ4v) is 2.27. The second-order valence-electron chi connectivity index (χ2n) is 4.24. The van der Waals surface area contributed by atoms with Crippen LogP contribution in [-0.4, -0.2) is 13.7 Å². The Labute approximate surface area is 95.8 Å². The molecule has 0 spiro atoms. The molecule has 3 heteroatoms. The molecule has 0 aromatic heterocycles. The van der Waals surface area contributed by atoms with E-state index >= 15 is 0 Å². The number of nitrogens with one attached hydrogen (secondary N) is 1. The van der Waals surface area contributed by atoms with Gasteiger partial charge < -0.3 is 10.1 Å². The normalized spacial score (nSPS) is 21.5. The first-order valence-corrected chi connectivity index (χ1v) is 5.88. The summed E-state index contributed by atoms with van der Waals surface area (Å²) in [4.78, 5) is 0. The van der Waals surface area contributed by atoms with Crippen molar-refractivity contribution in [3.63, 3.8) is 0 Å². The Morgan fingerprint density at radius 2 is 2.19 bits per heavy atom. The van der Waals surface area contributed by atoms with Crippen LogP contribution in [0.4, 0.5) is 4.39 Å². The molecule has 0 saturated carbocycles. The van der Waals surface area contributed by atoms with Crippen LogP contribution in [0.3, 0.4) is 0 Å². The van der Waals surface area contributed by atoms with Crippen LogP contribution in [0.1, 0.15) is 37.3 Å². The first-order chi connectivity index (χ1) is 7.81. The van der Waals surface area contributed by atoms with Crippen LogP contribution >= 0.6 is 0 Å². The van der Waals surface area contributed by atoms with E-state index in [4.69, 9.17) is 4.74 Å². The lowest BCUT2D eigenvalue weighted by atomic mass is 10.0. The summed E-state index contributed by atoms with van der Waals surface area (Å²) in [6.07, 6.45) is 4.70. The van der Waals surface area contributed by atoms with Crippen LogP contribution < -0.4 is 10.1 Å². The highest BCUT2D eigenvalue weighted by Crippen LogP contribution is 2.30. The van der Waals surface area contributed by atoms with Gasteiger partial charge in [0.05, 0.1) is 7.11 Å². The Morgan fingerprint density at radius 3 is 3.00 bits per heavy atom. The van der Waals surface area contributed by atoms with Crippen LogP contribution in [0, 0.1) is 5.82 Å². The van der Waals surface area contributed by atoms with Crippen molar-refractivity contribution >= 4 is 0 Å². The summed E-state index contributed by atoms with van der Waals surface area (Å²) in [5.74, 6) is 0.586. The average molecular weight is 223 g/mol. The van der Waals surface area contributed by atoms with Gasteiger partial charge in [-0.2, -0.15) is 0 Å². The third-order valence-electron chi connectivity index (χ3n) is 3.13. The fourth-order valence-electron chi connectivity index (χ4n) is 2.27. The van der Waals surface area contributed by atoms with Crippen molar-refractivity contribution in [1.82, 2.24) is 5.32 Å². The van der Waals surface area contributed by atoms with E-state index in [1.54, 1.807) is 19.2 Å². The van der Waals surface area contributed by atoms with E-state index in [-0.39, 0.29) is 11.9 Å². The van der Waals surface area contributed by atoms with Gasteiger partial charge in [0.1, 0.15) is 11.6 Å². The Hall–Kier alpha value is -1.09. The summed E-state index contributed by atoms with van der Waals surface area (Å²) in [6, 6.07) is 4.96. The molecule has 16 heavy (non-hydrogen) atoms. The maximum atomic E-state index is 13.3. The summed E-state index contributed by atoms with van der Waals surface area (Å²) in [7, 11) is 1.63. The van der Waals surface area contributed by atoms with Gasteiger partial charge >= 0.3 is 0 Å². The standard InChI is InChI=1S/C13H18FNO/c1-16-13-7-6-10(14)9-11(13)12-5-3-2-4-8-15-12/h6-7,9,12,15H,2-5,8H2,1H3/t12-/m1/s1. The van der Waals surface area contributed by atoms with Crippen molar-refractivity contribution < 1.29 is 9.13 Å². The second kappa shape index (κ2) is 5.30. The van der Waals surface area contributed by atoms with E-state index in [0.717, 1.165) is 24.3 Å². The number of hydrogen-bond acceptors (Lipinski definition) is 2. The van der Waals surface area contributed by atoms with Crippen molar-refractivity contribution in [2.75, 3.05) is 13.7 Å². The van der Waals surface area contributed by atoms with Gasteiger partial charge in [0.2, 0.25) is 0 Å². The Bertz CT molecular complexity index is 346. The highest BCUT2D eigenvalue weighted by molar-refractivity contribution is 5.36. The number of methoxy groups -OCH3 is 1. The largest absolute Gasteiger partial charge is 0.496 e. The lowest BCUT2D eigenvalue weighted by Gasteiger charge is -2.19. The summed E-state index contributed by atoms with van der Waals surface area (Å²) in [5.41, 5.74) is 0.949. The molecule has 1 aromatic rings. The third-order valence-corrected chi connectivity index (χ3v) is 3.13. The summed E-state index contributed by atoms with van der Waals surface area (Å²) in [5, 5.41) is 3.45. The number of hydrogen-bond donors (Lipinski definition) is 1. The molecule has 0 bridgehead atoms. The van der Waals surface area contributed by atoms with Crippen LogP contribution in [0.15, 0.2) is 18.2 Å². The highest BCUT2D eigenvalue weighted by atomic mass is 19.1. The molecule has 1 aliphatic heterocycles. The summed E-state index contributed by atoms with van der Waals surface area (Å²) in [6.45, 7) is 1.00. The van der Waals surface area contributed by atoms with Gasteiger partial charge in [-0.15, -0.1) is 0 Å². The molecular weight excluding hydrogens is 205 g/mol. The van der Waals surface area contributed by atoms with E-state index in [1.165, 1.54) is 25.3 Å². The highest BCUT2D eigenvalue weighted by Gasteiger charge is 2.17. The fraction of sp³-hybridized carbons (Fsp3) is 0.538. The summed E-state index contributed by atoms with van der Waals surface area (Å²) >= 11 is 0.